The zero-order valence-electron chi connectivity index (χ0n) is 14.6. The molecule has 1 saturated heterocycles. The molecule has 1 unspecified atom stereocenters. The first-order valence-electron chi connectivity index (χ1n) is 8.64. The van der Waals surface area contributed by atoms with Crippen LogP contribution in [0.1, 0.15) is 24.4 Å². The van der Waals surface area contributed by atoms with E-state index in [0.29, 0.717) is 5.92 Å². The quantitative estimate of drug-likeness (QED) is 0.777. The van der Waals surface area contributed by atoms with E-state index in [1.165, 1.54) is 6.42 Å². The highest BCUT2D eigenvalue weighted by molar-refractivity contribution is 5.63. The Balaban J connectivity index is 1.45. The molecule has 1 aliphatic rings. The third kappa shape index (κ3) is 3.38. The van der Waals surface area contributed by atoms with Gasteiger partial charge in [-0.25, -0.2) is 15.0 Å². The van der Waals surface area contributed by atoms with Crippen molar-refractivity contribution in [1.82, 2.24) is 29.5 Å². The summed E-state index contributed by atoms with van der Waals surface area (Å²) in [4.78, 5) is 15.6. The Morgan fingerprint density at radius 1 is 1.28 bits per heavy atom. The number of fused-ring (bicyclic) bond motifs is 1. The molecule has 1 aliphatic heterocycles. The van der Waals surface area contributed by atoms with Gasteiger partial charge >= 0.3 is 0 Å². The summed E-state index contributed by atoms with van der Waals surface area (Å²) in [6.07, 6.45) is 7.73. The van der Waals surface area contributed by atoms with Gasteiger partial charge in [0.05, 0.1) is 0 Å². The lowest BCUT2D eigenvalue weighted by molar-refractivity contribution is 0.430. The van der Waals surface area contributed by atoms with E-state index >= 15 is 0 Å². The van der Waals surface area contributed by atoms with Crippen molar-refractivity contribution in [3.63, 3.8) is 0 Å². The molecule has 25 heavy (non-hydrogen) atoms. The number of anilines is 2. The van der Waals surface area contributed by atoms with E-state index in [9.17, 15) is 0 Å². The molecule has 0 aliphatic carbocycles. The fourth-order valence-electron chi connectivity index (χ4n) is 3.45. The highest BCUT2D eigenvalue weighted by Crippen LogP contribution is 2.24. The molecule has 0 aromatic carbocycles. The molecule has 0 bridgehead atoms. The van der Waals surface area contributed by atoms with E-state index in [1.54, 1.807) is 12.5 Å². The summed E-state index contributed by atoms with van der Waals surface area (Å²) in [6, 6.07) is 1.99. The lowest BCUT2D eigenvalue weighted by atomic mass is 9.98. The van der Waals surface area contributed by atoms with Crippen LogP contribution in [0.3, 0.4) is 0 Å². The fraction of sp³-hybridized carbons (Fsp3) is 0.471. The maximum atomic E-state index is 4.54. The van der Waals surface area contributed by atoms with Crippen LogP contribution in [0.4, 0.5) is 11.6 Å². The summed E-state index contributed by atoms with van der Waals surface area (Å²) in [5.41, 5.74) is 1.81. The summed E-state index contributed by atoms with van der Waals surface area (Å²) in [5.74, 6) is 3.16. The number of aromatic nitrogens is 6. The first kappa shape index (κ1) is 15.7. The normalized spacial score (nSPS) is 17.8. The van der Waals surface area contributed by atoms with E-state index in [4.69, 9.17) is 0 Å². The molecular formula is C17H22N8. The van der Waals surface area contributed by atoms with Crippen LogP contribution in [-0.2, 0) is 0 Å². The van der Waals surface area contributed by atoms with Gasteiger partial charge in [0.25, 0.3) is 0 Å². The van der Waals surface area contributed by atoms with Crippen LogP contribution in [0.2, 0.25) is 0 Å². The van der Waals surface area contributed by atoms with Crippen LogP contribution >= 0.6 is 0 Å². The standard InChI is InChI=1S/C17H22N8/c1-12-8-15(22-13(2)21-12)19-9-14-4-3-6-24(10-14)16-17-23-20-11-25(17)7-5-18-16/h5,7-8,11,14H,3-4,6,9-10H2,1-2H3,(H,19,21,22). The van der Waals surface area contributed by atoms with E-state index in [-0.39, 0.29) is 0 Å². The molecule has 0 saturated carbocycles. The van der Waals surface area contributed by atoms with Gasteiger partial charge in [-0.3, -0.25) is 4.40 Å². The molecule has 1 atom stereocenters. The Labute approximate surface area is 146 Å². The maximum Gasteiger partial charge on any atom is 0.203 e. The molecular weight excluding hydrogens is 316 g/mol. The van der Waals surface area contributed by atoms with Gasteiger partial charge in [-0.05, 0) is 32.6 Å². The lowest BCUT2D eigenvalue weighted by Gasteiger charge is -2.33. The van der Waals surface area contributed by atoms with Crippen molar-refractivity contribution in [2.45, 2.75) is 26.7 Å². The number of nitrogens with one attached hydrogen (secondary N) is 1. The summed E-state index contributed by atoms with van der Waals surface area (Å²) in [6.45, 7) is 6.76. The average molecular weight is 338 g/mol. The van der Waals surface area contributed by atoms with Gasteiger partial charge in [0.1, 0.15) is 18.0 Å². The molecule has 8 nitrogen and oxygen atoms in total. The minimum atomic E-state index is 0.536. The van der Waals surface area contributed by atoms with E-state index in [2.05, 4.69) is 35.4 Å². The number of nitrogens with zero attached hydrogens (tertiary/aromatic N) is 7. The van der Waals surface area contributed by atoms with Crippen molar-refractivity contribution < 1.29 is 0 Å². The molecule has 0 spiro atoms. The van der Waals surface area contributed by atoms with Gasteiger partial charge < -0.3 is 10.2 Å². The average Bonchev–Trinajstić information content (AvgIpc) is 3.08. The minimum Gasteiger partial charge on any atom is -0.370 e. The first-order chi connectivity index (χ1) is 12.2. The Kier molecular flexibility index (Phi) is 4.17. The van der Waals surface area contributed by atoms with Gasteiger partial charge in [-0.1, -0.05) is 0 Å². The highest BCUT2D eigenvalue weighted by Gasteiger charge is 2.23. The second-order valence-corrected chi connectivity index (χ2v) is 6.59. The van der Waals surface area contributed by atoms with Crippen molar-refractivity contribution in [3.8, 4) is 0 Å². The third-order valence-corrected chi connectivity index (χ3v) is 4.55. The number of piperidine rings is 1. The Hall–Kier alpha value is -2.77. The molecule has 8 heteroatoms. The highest BCUT2D eigenvalue weighted by atomic mass is 15.3. The summed E-state index contributed by atoms with van der Waals surface area (Å²) in [7, 11) is 0. The van der Waals surface area contributed by atoms with Gasteiger partial charge in [-0.2, -0.15) is 0 Å². The van der Waals surface area contributed by atoms with Crippen molar-refractivity contribution in [2.24, 2.45) is 5.92 Å². The number of hydrogen-bond acceptors (Lipinski definition) is 7. The smallest absolute Gasteiger partial charge is 0.203 e. The molecule has 1 fully saturated rings. The monoisotopic (exact) mass is 338 g/mol. The van der Waals surface area contributed by atoms with Gasteiger partial charge in [0.15, 0.2) is 5.82 Å². The zero-order valence-corrected chi connectivity index (χ0v) is 14.6. The minimum absolute atomic E-state index is 0.536. The van der Waals surface area contributed by atoms with Crippen LogP contribution < -0.4 is 10.2 Å². The Morgan fingerprint density at radius 3 is 3.08 bits per heavy atom. The predicted octanol–water partition coefficient (Wildman–Crippen LogP) is 1.86. The van der Waals surface area contributed by atoms with Crippen molar-refractivity contribution in [3.05, 3.63) is 36.3 Å². The molecule has 3 aromatic rings. The molecule has 0 radical (unpaired) electrons. The summed E-state index contributed by atoms with van der Waals surface area (Å²) < 4.78 is 1.91. The molecule has 130 valence electrons. The molecule has 4 heterocycles. The lowest BCUT2D eigenvalue weighted by Crippen LogP contribution is -2.39. The summed E-state index contributed by atoms with van der Waals surface area (Å²) >= 11 is 0. The fourth-order valence-corrected chi connectivity index (χ4v) is 3.45. The molecule has 4 rings (SSSR count). The molecule has 3 aromatic heterocycles. The van der Waals surface area contributed by atoms with E-state index < -0.39 is 0 Å². The van der Waals surface area contributed by atoms with E-state index in [1.807, 2.05) is 30.5 Å². The van der Waals surface area contributed by atoms with Gasteiger partial charge in [0, 0.05) is 43.8 Å². The van der Waals surface area contributed by atoms with Crippen molar-refractivity contribution >= 4 is 17.3 Å². The molecule has 1 N–H and O–H groups in total. The van der Waals surface area contributed by atoms with Crippen LogP contribution in [-0.4, -0.2) is 49.2 Å². The first-order valence-corrected chi connectivity index (χ1v) is 8.64. The van der Waals surface area contributed by atoms with Crippen LogP contribution in [0.5, 0.6) is 0 Å². The predicted molar refractivity (Wildman–Crippen MR) is 95.7 cm³/mol. The van der Waals surface area contributed by atoms with E-state index in [0.717, 1.165) is 54.9 Å². The largest absolute Gasteiger partial charge is 0.370 e. The van der Waals surface area contributed by atoms with Crippen LogP contribution in [0, 0.1) is 19.8 Å². The van der Waals surface area contributed by atoms with Crippen LogP contribution in [0.15, 0.2) is 24.8 Å². The summed E-state index contributed by atoms with van der Waals surface area (Å²) in [5, 5.41) is 11.7. The SMILES string of the molecule is Cc1cc(NCC2CCCN(c3nccn4cnnc34)C2)nc(C)n1. The van der Waals surface area contributed by atoms with Crippen molar-refractivity contribution in [1.29, 1.82) is 0 Å². The second kappa shape index (κ2) is 6.62. The molecule has 0 amide bonds. The maximum absolute atomic E-state index is 4.54. The van der Waals surface area contributed by atoms with Gasteiger partial charge in [0.2, 0.25) is 5.65 Å². The number of hydrogen-bond donors (Lipinski definition) is 1. The van der Waals surface area contributed by atoms with Crippen molar-refractivity contribution in [2.75, 3.05) is 29.9 Å². The Bertz CT molecular complexity index is 854. The number of aryl methyl sites for hydroxylation is 2. The zero-order chi connectivity index (χ0) is 17.2. The topological polar surface area (TPSA) is 84.1 Å². The number of rotatable bonds is 4. The second-order valence-electron chi connectivity index (χ2n) is 6.59. The van der Waals surface area contributed by atoms with Crippen LogP contribution in [0.25, 0.3) is 5.65 Å². The third-order valence-electron chi connectivity index (χ3n) is 4.55. The Morgan fingerprint density at radius 2 is 2.20 bits per heavy atom. The van der Waals surface area contributed by atoms with Gasteiger partial charge in [-0.15, -0.1) is 10.2 Å².